The van der Waals surface area contributed by atoms with Crippen LogP contribution in [0.25, 0.3) is 0 Å². The summed E-state index contributed by atoms with van der Waals surface area (Å²) in [6.07, 6.45) is 3.17. The molecule has 1 aromatic carbocycles. The number of hydrogen-bond donors (Lipinski definition) is 2. The average Bonchev–Trinajstić information content (AvgIpc) is 2.47. The number of carbonyl (C=O) groups is 1. The van der Waals surface area contributed by atoms with Gasteiger partial charge in [-0.05, 0) is 49.6 Å². The van der Waals surface area contributed by atoms with E-state index in [1.165, 1.54) is 0 Å². The van der Waals surface area contributed by atoms with Crippen molar-refractivity contribution in [2.45, 2.75) is 25.8 Å². The zero-order valence-electron chi connectivity index (χ0n) is 11.7. The lowest BCUT2D eigenvalue weighted by Gasteiger charge is -2.14. The van der Waals surface area contributed by atoms with Crippen molar-refractivity contribution in [3.05, 3.63) is 58.9 Å². The number of nitrogens with zero attached hydrogens (tertiary/aromatic N) is 1. The van der Waals surface area contributed by atoms with Gasteiger partial charge in [0.15, 0.2) is 0 Å². The fourth-order valence-electron chi connectivity index (χ4n) is 1.97. The van der Waals surface area contributed by atoms with Crippen molar-refractivity contribution in [1.29, 1.82) is 0 Å². The number of benzene rings is 1. The molecule has 0 bridgehead atoms. The summed E-state index contributed by atoms with van der Waals surface area (Å²) in [5.41, 5.74) is 1.50. The van der Waals surface area contributed by atoms with E-state index in [-0.39, 0.29) is 22.9 Å². The molecule has 21 heavy (non-hydrogen) atoms. The first kappa shape index (κ1) is 15.3. The molecule has 0 radical (unpaired) electrons. The van der Waals surface area contributed by atoms with Gasteiger partial charge < -0.3 is 10.4 Å². The third-order valence-electron chi connectivity index (χ3n) is 3.18. The second-order valence-corrected chi connectivity index (χ2v) is 5.28. The standard InChI is InChI=1S/C16H17ClN2O2/c1-11(4-5-12-6-8-13(20)9-7-12)19-16(21)14-3-2-10-18-15(14)17/h2-3,6-11,20H,4-5H2,1H3,(H,19,21). The molecule has 2 rings (SSSR count). The minimum Gasteiger partial charge on any atom is -0.508 e. The van der Waals surface area contributed by atoms with E-state index in [2.05, 4.69) is 10.3 Å². The smallest absolute Gasteiger partial charge is 0.254 e. The summed E-state index contributed by atoms with van der Waals surface area (Å²) >= 11 is 5.89. The first-order chi connectivity index (χ1) is 10.1. The van der Waals surface area contributed by atoms with Gasteiger partial charge >= 0.3 is 0 Å². The first-order valence-corrected chi connectivity index (χ1v) is 7.13. The highest BCUT2D eigenvalue weighted by Crippen LogP contribution is 2.13. The SMILES string of the molecule is CC(CCc1ccc(O)cc1)NC(=O)c1cccnc1Cl. The third kappa shape index (κ3) is 4.46. The molecule has 2 aromatic rings. The fourth-order valence-corrected chi connectivity index (χ4v) is 2.18. The molecule has 0 fully saturated rings. The maximum atomic E-state index is 12.1. The van der Waals surface area contributed by atoms with Crippen LogP contribution in [0.5, 0.6) is 5.75 Å². The van der Waals surface area contributed by atoms with Crippen LogP contribution in [0.4, 0.5) is 0 Å². The summed E-state index contributed by atoms with van der Waals surface area (Å²) < 4.78 is 0. The van der Waals surface area contributed by atoms with Gasteiger partial charge in [-0.3, -0.25) is 4.79 Å². The number of aromatic nitrogens is 1. The predicted octanol–water partition coefficient (Wildman–Crippen LogP) is 3.19. The van der Waals surface area contributed by atoms with E-state index in [1.807, 2.05) is 19.1 Å². The normalized spacial score (nSPS) is 11.9. The Hall–Kier alpha value is -2.07. The van der Waals surface area contributed by atoms with E-state index < -0.39 is 0 Å². The Labute approximate surface area is 128 Å². The molecule has 0 aliphatic carbocycles. The summed E-state index contributed by atoms with van der Waals surface area (Å²) in [6, 6.07) is 10.4. The number of hydrogen-bond acceptors (Lipinski definition) is 3. The monoisotopic (exact) mass is 304 g/mol. The maximum Gasteiger partial charge on any atom is 0.254 e. The van der Waals surface area contributed by atoms with Crippen LogP contribution >= 0.6 is 11.6 Å². The molecule has 0 saturated carbocycles. The number of aryl methyl sites for hydroxylation is 1. The van der Waals surface area contributed by atoms with Crippen molar-refractivity contribution < 1.29 is 9.90 Å². The number of halogens is 1. The van der Waals surface area contributed by atoms with Gasteiger partial charge in [0.05, 0.1) is 5.56 Å². The minimum atomic E-state index is -0.216. The van der Waals surface area contributed by atoms with Gasteiger partial charge in [0.2, 0.25) is 0 Å². The molecule has 0 saturated heterocycles. The van der Waals surface area contributed by atoms with Crippen LogP contribution in [0.15, 0.2) is 42.6 Å². The second-order valence-electron chi connectivity index (χ2n) is 4.92. The summed E-state index contributed by atoms with van der Waals surface area (Å²) in [7, 11) is 0. The Balaban J connectivity index is 1.87. The minimum absolute atomic E-state index is 0.0163. The van der Waals surface area contributed by atoms with Gasteiger partial charge in [-0.25, -0.2) is 4.98 Å². The maximum absolute atomic E-state index is 12.1. The highest BCUT2D eigenvalue weighted by molar-refractivity contribution is 6.32. The summed E-state index contributed by atoms with van der Waals surface area (Å²) in [4.78, 5) is 16.0. The van der Waals surface area contributed by atoms with Crippen LogP contribution < -0.4 is 5.32 Å². The molecule has 110 valence electrons. The van der Waals surface area contributed by atoms with Gasteiger partial charge in [0.1, 0.15) is 10.9 Å². The number of pyridine rings is 1. The lowest BCUT2D eigenvalue weighted by Crippen LogP contribution is -2.33. The third-order valence-corrected chi connectivity index (χ3v) is 3.48. The van der Waals surface area contributed by atoms with E-state index in [4.69, 9.17) is 11.6 Å². The van der Waals surface area contributed by atoms with Gasteiger partial charge in [-0.2, -0.15) is 0 Å². The van der Waals surface area contributed by atoms with Crippen molar-refractivity contribution in [3.8, 4) is 5.75 Å². The number of rotatable bonds is 5. The average molecular weight is 305 g/mol. The van der Waals surface area contributed by atoms with Crippen molar-refractivity contribution in [2.75, 3.05) is 0 Å². The topological polar surface area (TPSA) is 62.2 Å². The summed E-state index contributed by atoms with van der Waals surface area (Å²) in [6.45, 7) is 1.95. The lowest BCUT2D eigenvalue weighted by molar-refractivity contribution is 0.0938. The van der Waals surface area contributed by atoms with Crippen molar-refractivity contribution in [2.24, 2.45) is 0 Å². The van der Waals surface area contributed by atoms with Gasteiger partial charge in [0, 0.05) is 12.2 Å². The Morgan fingerprint density at radius 3 is 2.71 bits per heavy atom. The van der Waals surface area contributed by atoms with E-state index in [9.17, 15) is 9.90 Å². The molecule has 0 spiro atoms. The van der Waals surface area contributed by atoms with E-state index >= 15 is 0 Å². The molecular formula is C16H17ClN2O2. The Morgan fingerprint density at radius 2 is 2.05 bits per heavy atom. The molecule has 1 heterocycles. The molecule has 0 aliphatic rings. The van der Waals surface area contributed by atoms with E-state index in [0.717, 1.165) is 18.4 Å². The molecule has 1 unspecified atom stereocenters. The van der Waals surface area contributed by atoms with E-state index in [0.29, 0.717) is 5.56 Å². The molecule has 4 nitrogen and oxygen atoms in total. The van der Waals surface area contributed by atoms with Crippen LogP contribution in [0.2, 0.25) is 5.15 Å². The highest BCUT2D eigenvalue weighted by atomic mass is 35.5. The largest absolute Gasteiger partial charge is 0.508 e. The molecule has 0 aliphatic heterocycles. The van der Waals surface area contributed by atoms with Gasteiger partial charge in [-0.15, -0.1) is 0 Å². The Kier molecular flexibility index (Phi) is 5.17. The van der Waals surface area contributed by atoms with Crippen LogP contribution in [-0.2, 0) is 6.42 Å². The zero-order chi connectivity index (χ0) is 15.2. The van der Waals surface area contributed by atoms with Crippen molar-refractivity contribution in [3.63, 3.8) is 0 Å². The summed E-state index contributed by atoms with van der Waals surface area (Å²) in [5.74, 6) is 0.0395. The molecule has 5 heteroatoms. The van der Waals surface area contributed by atoms with Crippen LogP contribution in [-0.4, -0.2) is 22.0 Å². The molecule has 2 N–H and O–H groups in total. The second kappa shape index (κ2) is 7.09. The first-order valence-electron chi connectivity index (χ1n) is 6.75. The lowest BCUT2D eigenvalue weighted by atomic mass is 10.1. The Bertz CT molecular complexity index is 614. The van der Waals surface area contributed by atoms with Gasteiger partial charge in [-0.1, -0.05) is 23.7 Å². The molecule has 1 aromatic heterocycles. The summed E-state index contributed by atoms with van der Waals surface area (Å²) in [5, 5.41) is 12.3. The molecular weight excluding hydrogens is 288 g/mol. The van der Waals surface area contributed by atoms with E-state index in [1.54, 1.807) is 30.5 Å². The number of phenols is 1. The van der Waals surface area contributed by atoms with Crippen LogP contribution in [0, 0.1) is 0 Å². The number of phenolic OH excluding ortho intramolecular Hbond substituents is 1. The van der Waals surface area contributed by atoms with Gasteiger partial charge in [0.25, 0.3) is 5.91 Å². The van der Waals surface area contributed by atoms with Crippen LogP contribution in [0.1, 0.15) is 29.3 Å². The van der Waals surface area contributed by atoms with Crippen LogP contribution in [0.3, 0.4) is 0 Å². The zero-order valence-corrected chi connectivity index (χ0v) is 12.5. The number of carbonyl (C=O) groups excluding carboxylic acids is 1. The fraction of sp³-hybridized carbons (Fsp3) is 0.250. The quantitative estimate of drug-likeness (QED) is 0.834. The number of aromatic hydroxyl groups is 1. The predicted molar refractivity (Wildman–Crippen MR) is 82.6 cm³/mol. The Morgan fingerprint density at radius 1 is 1.33 bits per heavy atom. The number of amides is 1. The highest BCUT2D eigenvalue weighted by Gasteiger charge is 2.13. The van der Waals surface area contributed by atoms with Crippen molar-refractivity contribution >= 4 is 17.5 Å². The van der Waals surface area contributed by atoms with Crippen molar-refractivity contribution in [1.82, 2.24) is 10.3 Å². The molecule has 1 amide bonds. The number of nitrogens with one attached hydrogen (secondary N) is 1. The molecule has 1 atom stereocenters.